The van der Waals surface area contributed by atoms with Crippen molar-refractivity contribution in [3.05, 3.63) is 29.8 Å². The maximum Gasteiger partial charge on any atom is 0.341 e. The Morgan fingerprint density at radius 1 is 1.04 bits per heavy atom. The van der Waals surface area contributed by atoms with Crippen LogP contribution in [0, 0.1) is 0 Å². The van der Waals surface area contributed by atoms with Gasteiger partial charge in [0.2, 0.25) is 11.9 Å². The normalized spacial score (nSPS) is 10.0. The van der Waals surface area contributed by atoms with E-state index in [-0.39, 0.29) is 6.01 Å². The Morgan fingerprint density at radius 2 is 1.65 bits per heavy atom. The van der Waals surface area contributed by atoms with Crippen LogP contribution in [0.15, 0.2) is 24.3 Å². The zero-order valence-corrected chi connectivity index (χ0v) is 13.3. The highest BCUT2D eigenvalue weighted by molar-refractivity contribution is 5.92. The fourth-order valence-corrected chi connectivity index (χ4v) is 1.81. The van der Waals surface area contributed by atoms with Crippen molar-refractivity contribution >= 4 is 17.9 Å². The number of anilines is 2. The van der Waals surface area contributed by atoms with Gasteiger partial charge in [0.25, 0.3) is 0 Å². The number of nitrogens with zero attached hydrogens (tertiary/aromatic N) is 3. The van der Waals surface area contributed by atoms with Crippen molar-refractivity contribution in [2.24, 2.45) is 0 Å². The van der Waals surface area contributed by atoms with Crippen LogP contribution < -0.4 is 15.4 Å². The van der Waals surface area contributed by atoms with Gasteiger partial charge < -0.3 is 20.1 Å². The van der Waals surface area contributed by atoms with E-state index in [9.17, 15) is 4.79 Å². The number of hydrogen-bond donors (Lipinski definition) is 2. The van der Waals surface area contributed by atoms with Gasteiger partial charge in [-0.05, 0) is 26.0 Å². The number of carbonyl (C=O) groups excluding carboxylic acids is 1. The highest BCUT2D eigenvalue weighted by Gasteiger charge is 2.15. The molecule has 2 aromatic rings. The summed E-state index contributed by atoms with van der Waals surface area (Å²) in [5.74, 6) is 0.608. The van der Waals surface area contributed by atoms with Crippen molar-refractivity contribution in [1.29, 1.82) is 0 Å². The van der Waals surface area contributed by atoms with E-state index in [4.69, 9.17) is 9.47 Å². The fourth-order valence-electron chi connectivity index (χ4n) is 1.81. The highest BCUT2D eigenvalue weighted by atomic mass is 16.5. The molecule has 1 aromatic heterocycles. The molecule has 8 nitrogen and oxygen atoms in total. The smallest absolute Gasteiger partial charge is 0.341 e. The summed E-state index contributed by atoms with van der Waals surface area (Å²) in [7, 11) is 1.31. The van der Waals surface area contributed by atoms with E-state index >= 15 is 0 Å². The van der Waals surface area contributed by atoms with Gasteiger partial charge in [-0.3, -0.25) is 0 Å². The number of nitrogens with one attached hydrogen (secondary N) is 2. The molecule has 0 amide bonds. The fraction of sp³-hybridized carbons (Fsp3) is 0.333. The number of aromatic nitrogens is 3. The highest BCUT2D eigenvalue weighted by Crippen LogP contribution is 2.24. The van der Waals surface area contributed by atoms with Crippen molar-refractivity contribution in [1.82, 2.24) is 15.0 Å². The molecule has 0 saturated carbocycles. The van der Waals surface area contributed by atoms with Gasteiger partial charge in [-0.2, -0.15) is 15.0 Å². The summed E-state index contributed by atoms with van der Waals surface area (Å²) >= 11 is 0. The van der Waals surface area contributed by atoms with Gasteiger partial charge >= 0.3 is 12.0 Å². The average Bonchev–Trinajstić information content (AvgIpc) is 2.55. The summed E-state index contributed by atoms with van der Waals surface area (Å²) in [4.78, 5) is 24.4. The van der Waals surface area contributed by atoms with Gasteiger partial charge in [0, 0.05) is 13.1 Å². The van der Waals surface area contributed by atoms with Crippen LogP contribution >= 0.6 is 0 Å². The first-order chi connectivity index (χ1) is 11.2. The number of rotatable bonds is 7. The molecule has 0 unspecified atom stereocenters. The third kappa shape index (κ3) is 4.29. The number of hydrogen-bond acceptors (Lipinski definition) is 8. The molecule has 2 N–H and O–H groups in total. The average molecular weight is 317 g/mol. The molecule has 23 heavy (non-hydrogen) atoms. The van der Waals surface area contributed by atoms with Gasteiger partial charge in [-0.1, -0.05) is 12.1 Å². The van der Waals surface area contributed by atoms with E-state index in [1.165, 1.54) is 7.11 Å². The van der Waals surface area contributed by atoms with E-state index in [0.717, 1.165) is 0 Å². The largest absolute Gasteiger partial charge is 0.465 e. The third-order valence-corrected chi connectivity index (χ3v) is 2.78. The molecule has 2 rings (SSSR count). The van der Waals surface area contributed by atoms with Gasteiger partial charge in [0.05, 0.1) is 7.11 Å². The van der Waals surface area contributed by atoms with Crippen molar-refractivity contribution in [3.8, 4) is 11.8 Å². The zero-order chi connectivity index (χ0) is 16.7. The van der Waals surface area contributed by atoms with Gasteiger partial charge in [-0.25, -0.2) is 4.79 Å². The standard InChI is InChI=1S/C15H19N5O3/c1-4-16-13-18-14(17-5-2)20-15(19-13)23-11-9-7-6-8-10(11)12(21)22-3/h6-9H,4-5H2,1-3H3,(H2,16,17,18,19,20). The van der Waals surface area contributed by atoms with Crippen LogP contribution in [0.4, 0.5) is 11.9 Å². The second-order valence-corrected chi connectivity index (χ2v) is 4.42. The summed E-state index contributed by atoms with van der Waals surface area (Å²) in [6, 6.07) is 6.82. The number of ether oxygens (including phenoxy) is 2. The van der Waals surface area contributed by atoms with Crippen LogP contribution in [-0.4, -0.2) is 41.1 Å². The quantitative estimate of drug-likeness (QED) is 0.751. The lowest BCUT2D eigenvalue weighted by Gasteiger charge is -2.11. The number of carbonyl (C=O) groups is 1. The first kappa shape index (κ1) is 16.5. The number of methoxy groups -OCH3 is 1. The van der Waals surface area contributed by atoms with Crippen LogP contribution in [0.5, 0.6) is 11.8 Å². The molecule has 0 aliphatic carbocycles. The van der Waals surface area contributed by atoms with Gasteiger partial charge in [0.1, 0.15) is 11.3 Å². The summed E-state index contributed by atoms with van der Waals surface area (Å²) in [6.07, 6.45) is 0. The Balaban J connectivity index is 2.34. The molecule has 0 spiro atoms. The van der Waals surface area contributed by atoms with Crippen LogP contribution in [0.3, 0.4) is 0 Å². The van der Waals surface area contributed by atoms with Crippen molar-refractivity contribution < 1.29 is 14.3 Å². The molecule has 122 valence electrons. The molecule has 0 aliphatic heterocycles. The Kier molecular flexibility index (Phi) is 5.67. The molecule has 0 radical (unpaired) electrons. The maximum atomic E-state index is 11.8. The van der Waals surface area contributed by atoms with Crippen LogP contribution in [0.25, 0.3) is 0 Å². The predicted molar refractivity (Wildman–Crippen MR) is 86.0 cm³/mol. The molecule has 1 heterocycles. The topological polar surface area (TPSA) is 98.3 Å². The summed E-state index contributed by atoms with van der Waals surface area (Å²) < 4.78 is 10.4. The molecule has 0 bridgehead atoms. The first-order valence-electron chi connectivity index (χ1n) is 7.27. The van der Waals surface area contributed by atoms with E-state index in [1.54, 1.807) is 24.3 Å². The molecule has 0 aliphatic rings. The second kappa shape index (κ2) is 7.92. The minimum atomic E-state index is -0.492. The molecular formula is C15H19N5O3. The Labute approximate surface area is 134 Å². The van der Waals surface area contributed by atoms with Crippen LogP contribution in [0.2, 0.25) is 0 Å². The van der Waals surface area contributed by atoms with E-state index < -0.39 is 5.97 Å². The minimum Gasteiger partial charge on any atom is -0.465 e. The zero-order valence-electron chi connectivity index (χ0n) is 13.3. The molecule has 8 heteroatoms. The lowest BCUT2D eigenvalue weighted by Crippen LogP contribution is -2.10. The van der Waals surface area contributed by atoms with Crippen molar-refractivity contribution in [3.63, 3.8) is 0 Å². The lowest BCUT2D eigenvalue weighted by atomic mass is 10.2. The lowest BCUT2D eigenvalue weighted by molar-refractivity contribution is 0.0598. The second-order valence-electron chi connectivity index (χ2n) is 4.42. The number of para-hydroxylation sites is 1. The Bertz CT molecular complexity index is 654. The van der Waals surface area contributed by atoms with E-state index in [1.807, 2.05) is 13.8 Å². The monoisotopic (exact) mass is 317 g/mol. The molecule has 1 aromatic carbocycles. The van der Waals surface area contributed by atoms with Crippen molar-refractivity contribution in [2.75, 3.05) is 30.8 Å². The summed E-state index contributed by atoms with van der Waals surface area (Å²) in [5.41, 5.74) is 0.297. The molecular weight excluding hydrogens is 298 g/mol. The summed E-state index contributed by atoms with van der Waals surface area (Å²) in [6.45, 7) is 5.19. The molecule has 0 atom stereocenters. The Hall–Kier alpha value is -2.90. The van der Waals surface area contributed by atoms with Crippen LogP contribution in [0.1, 0.15) is 24.2 Å². The van der Waals surface area contributed by atoms with Gasteiger partial charge in [0.15, 0.2) is 0 Å². The first-order valence-corrected chi connectivity index (χ1v) is 7.27. The Morgan fingerprint density at radius 3 is 2.22 bits per heavy atom. The molecule has 0 fully saturated rings. The maximum absolute atomic E-state index is 11.8. The SMILES string of the molecule is CCNc1nc(NCC)nc(Oc2ccccc2C(=O)OC)n1. The van der Waals surface area contributed by atoms with Gasteiger partial charge in [-0.15, -0.1) is 0 Å². The molecule has 0 saturated heterocycles. The number of benzene rings is 1. The minimum absolute atomic E-state index is 0.0863. The number of esters is 1. The van der Waals surface area contributed by atoms with Crippen molar-refractivity contribution in [2.45, 2.75) is 13.8 Å². The van der Waals surface area contributed by atoms with E-state index in [0.29, 0.717) is 36.3 Å². The summed E-state index contributed by atoms with van der Waals surface area (Å²) in [5, 5.41) is 6.01. The third-order valence-electron chi connectivity index (χ3n) is 2.78. The van der Waals surface area contributed by atoms with E-state index in [2.05, 4.69) is 25.6 Å². The predicted octanol–water partition coefficient (Wildman–Crippen LogP) is 2.31. The van der Waals surface area contributed by atoms with Crippen LogP contribution in [-0.2, 0) is 4.74 Å².